The van der Waals surface area contributed by atoms with Crippen molar-refractivity contribution in [2.45, 2.75) is 6.54 Å². The van der Waals surface area contributed by atoms with Gasteiger partial charge in [-0.05, 0) is 12.1 Å². The molecule has 3 rings (SSSR count). The molecular weight excluding hydrogens is 282 g/mol. The molecule has 2 N–H and O–H groups in total. The molecule has 0 radical (unpaired) electrons. The molecule has 0 bridgehead atoms. The van der Waals surface area contributed by atoms with Gasteiger partial charge in [-0.2, -0.15) is 5.26 Å². The lowest BCUT2D eigenvalue weighted by Gasteiger charge is -2.03. The number of nitrogens with zero attached hydrogens (tertiary/aromatic N) is 3. The molecule has 0 aliphatic heterocycles. The number of aromatic amines is 1. The number of nitriles is 1. The van der Waals surface area contributed by atoms with E-state index in [0.717, 1.165) is 5.52 Å². The number of aromatic nitrogens is 2. The SMILES string of the molecule is N#Cc1cccc2[nH]c(NCc3ccccc3[N+](=O)[O-])nc12. The van der Waals surface area contributed by atoms with Crippen LogP contribution in [0.4, 0.5) is 11.6 Å². The molecule has 7 heteroatoms. The van der Waals surface area contributed by atoms with Gasteiger partial charge in [-0.15, -0.1) is 0 Å². The number of rotatable bonds is 4. The minimum atomic E-state index is -0.413. The Morgan fingerprint density at radius 1 is 1.27 bits per heavy atom. The van der Waals surface area contributed by atoms with Crippen LogP contribution in [-0.2, 0) is 6.54 Å². The average Bonchev–Trinajstić information content (AvgIpc) is 2.96. The van der Waals surface area contributed by atoms with E-state index in [0.29, 0.717) is 22.6 Å². The molecule has 1 heterocycles. The first-order valence-corrected chi connectivity index (χ1v) is 6.54. The molecule has 7 nitrogen and oxygen atoms in total. The molecule has 0 fully saturated rings. The van der Waals surface area contributed by atoms with Gasteiger partial charge in [-0.3, -0.25) is 10.1 Å². The Kier molecular flexibility index (Phi) is 3.42. The van der Waals surface area contributed by atoms with Gasteiger partial charge in [0.25, 0.3) is 5.69 Å². The number of H-pyrrole nitrogens is 1. The summed E-state index contributed by atoms with van der Waals surface area (Å²) in [5.74, 6) is 0.468. The molecule has 2 aromatic carbocycles. The fourth-order valence-electron chi connectivity index (χ4n) is 2.22. The van der Waals surface area contributed by atoms with Crippen molar-refractivity contribution in [1.82, 2.24) is 9.97 Å². The third kappa shape index (κ3) is 2.45. The molecule has 3 aromatic rings. The molecule has 108 valence electrons. The highest BCUT2D eigenvalue weighted by molar-refractivity contribution is 5.83. The molecule has 0 saturated carbocycles. The molecule has 0 aliphatic rings. The highest BCUT2D eigenvalue weighted by Gasteiger charge is 2.13. The van der Waals surface area contributed by atoms with Crippen LogP contribution in [0.5, 0.6) is 0 Å². The van der Waals surface area contributed by atoms with E-state index in [2.05, 4.69) is 21.4 Å². The van der Waals surface area contributed by atoms with Crippen LogP contribution in [0.3, 0.4) is 0 Å². The second-order valence-electron chi connectivity index (χ2n) is 4.64. The van der Waals surface area contributed by atoms with Crippen molar-refractivity contribution >= 4 is 22.7 Å². The smallest absolute Gasteiger partial charge is 0.274 e. The summed E-state index contributed by atoms with van der Waals surface area (Å²) in [5.41, 5.74) is 2.42. The Hall–Kier alpha value is -3.40. The minimum absolute atomic E-state index is 0.0591. The Balaban J connectivity index is 1.86. The van der Waals surface area contributed by atoms with Gasteiger partial charge < -0.3 is 10.3 Å². The second kappa shape index (κ2) is 5.54. The van der Waals surface area contributed by atoms with Crippen LogP contribution in [0.25, 0.3) is 11.0 Å². The summed E-state index contributed by atoms with van der Waals surface area (Å²) in [4.78, 5) is 17.9. The zero-order valence-corrected chi connectivity index (χ0v) is 11.4. The van der Waals surface area contributed by atoms with Gasteiger partial charge in [0.1, 0.15) is 11.6 Å². The minimum Gasteiger partial charge on any atom is -0.351 e. The third-order valence-corrected chi connectivity index (χ3v) is 3.27. The number of fused-ring (bicyclic) bond motifs is 1. The number of para-hydroxylation sites is 2. The molecule has 0 aliphatic carbocycles. The number of nitro benzene ring substituents is 1. The van der Waals surface area contributed by atoms with Gasteiger partial charge >= 0.3 is 0 Å². The zero-order valence-electron chi connectivity index (χ0n) is 11.4. The van der Waals surface area contributed by atoms with E-state index >= 15 is 0 Å². The van der Waals surface area contributed by atoms with Crippen LogP contribution in [-0.4, -0.2) is 14.9 Å². The van der Waals surface area contributed by atoms with Crippen molar-refractivity contribution in [3.63, 3.8) is 0 Å². The topological polar surface area (TPSA) is 108 Å². The zero-order chi connectivity index (χ0) is 15.5. The molecule has 22 heavy (non-hydrogen) atoms. The van der Waals surface area contributed by atoms with Crippen LogP contribution in [0.1, 0.15) is 11.1 Å². The molecule has 1 aromatic heterocycles. The fraction of sp³-hybridized carbons (Fsp3) is 0.0667. The summed E-state index contributed by atoms with van der Waals surface area (Å²) in [6.45, 7) is 0.263. The quantitative estimate of drug-likeness (QED) is 0.568. The van der Waals surface area contributed by atoms with E-state index in [1.807, 2.05) is 6.07 Å². The lowest BCUT2D eigenvalue weighted by molar-refractivity contribution is -0.385. The van der Waals surface area contributed by atoms with Crippen LogP contribution in [0.15, 0.2) is 42.5 Å². The summed E-state index contributed by atoms with van der Waals surface area (Å²) in [6, 6.07) is 13.9. The van der Waals surface area contributed by atoms with Crippen LogP contribution < -0.4 is 5.32 Å². The van der Waals surface area contributed by atoms with Crippen LogP contribution in [0.2, 0.25) is 0 Å². The second-order valence-corrected chi connectivity index (χ2v) is 4.64. The highest BCUT2D eigenvalue weighted by Crippen LogP contribution is 2.21. The normalized spacial score (nSPS) is 10.3. The maximum atomic E-state index is 11.0. The molecule has 0 spiro atoms. The first-order valence-electron chi connectivity index (χ1n) is 6.54. The number of hydrogen-bond acceptors (Lipinski definition) is 5. The third-order valence-electron chi connectivity index (χ3n) is 3.27. The molecule has 0 amide bonds. The van der Waals surface area contributed by atoms with Gasteiger partial charge in [0, 0.05) is 18.2 Å². The first-order chi connectivity index (χ1) is 10.7. The Morgan fingerprint density at radius 2 is 2.09 bits per heavy atom. The number of imidazole rings is 1. The Bertz CT molecular complexity index is 894. The monoisotopic (exact) mass is 293 g/mol. The van der Waals surface area contributed by atoms with Crippen molar-refractivity contribution in [2.24, 2.45) is 0 Å². The summed E-state index contributed by atoms with van der Waals surface area (Å²) >= 11 is 0. The molecule has 0 saturated heterocycles. The summed E-state index contributed by atoms with van der Waals surface area (Å²) in [5, 5.41) is 23.0. The van der Waals surface area contributed by atoms with E-state index in [-0.39, 0.29) is 12.2 Å². The van der Waals surface area contributed by atoms with E-state index in [4.69, 9.17) is 5.26 Å². The van der Waals surface area contributed by atoms with E-state index in [1.165, 1.54) is 6.07 Å². The van der Waals surface area contributed by atoms with Gasteiger partial charge in [-0.25, -0.2) is 4.98 Å². The Morgan fingerprint density at radius 3 is 2.86 bits per heavy atom. The Labute approximate surface area is 125 Å². The molecule has 0 unspecified atom stereocenters. The van der Waals surface area contributed by atoms with E-state index in [1.54, 1.807) is 30.3 Å². The number of anilines is 1. The number of hydrogen-bond donors (Lipinski definition) is 2. The summed E-state index contributed by atoms with van der Waals surface area (Å²) in [7, 11) is 0. The lowest BCUT2D eigenvalue weighted by atomic mass is 10.2. The number of nitro groups is 1. The van der Waals surface area contributed by atoms with Gasteiger partial charge in [0.05, 0.1) is 16.0 Å². The van der Waals surface area contributed by atoms with Crippen molar-refractivity contribution in [3.8, 4) is 6.07 Å². The average molecular weight is 293 g/mol. The lowest BCUT2D eigenvalue weighted by Crippen LogP contribution is -2.03. The van der Waals surface area contributed by atoms with Gasteiger partial charge in [0.15, 0.2) is 0 Å². The van der Waals surface area contributed by atoms with Crippen molar-refractivity contribution in [3.05, 3.63) is 63.7 Å². The highest BCUT2D eigenvalue weighted by atomic mass is 16.6. The predicted octanol–water partition coefficient (Wildman–Crippen LogP) is 2.95. The maximum Gasteiger partial charge on any atom is 0.274 e. The van der Waals surface area contributed by atoms with Crippen molar-refractivity contribution in [2.75, 3.05) is 5.32 Å². The van der Waals surface area contributed by atoms with Crippen LogP contribution in [0, 0.1) is 21.4 Å². The first kappa shape index (κ1) is 13.6. The summed E-state index contributed by atoms with van der Waals surface area (Å²) in [6.07, 6.45) is 0. The van der Waals surface area contributed by atoms with Crippen molar-refractivity contribution in [1.29, 1.82) is 5.26 Å². The maximum absolute atomic E-state index is 11.0. The molecule has 0 atom stereocenters. The fourth-order valence-corrected chi connectivity index (χ4v) is 2.22. The molecular formula is C15H11N5O2. The van der Waals surface area contributed by atoms with Crippen LogP contribution >= 0.6 is 0 Å². The van der Waals surface area contributed by atoms with Crippen molar-refractivity contribution < 1.29 is 4.92 Å². The predicted molar refractivity (Wildman–Crippen MR) is 81.2 cm³/mol. The standard InChI is InChI=1S/C15H11N5O2/c16-8-10-5-3-6-12-14(10)19-15(18-12)17-9-11-4-1-2-7-13(11)20(21)22/h1-7H,9H2,(H2,17,18,19). The number of nitrogens with one attached hydrogen (secondary N) is 2. The van der Waals surface area contributed by atoms with Gasteiger partial charge in [-0.1, -0.05) is 24.3 Å². The largest absolute Gasteiger partial charge is 0.351 e. The van der Waals surface area contributed by atoms with E-state index in [9.17, 15) is 10.1 Å². The van der Waals surface area contributed by atoms with E-state index < -0.39 is 4.92 Å². The number of benzene rings is 2. The van der Waals surface area contributed by atoms with Gasteiger partial charge in [0.2, 0.25) is 5.95 Å². The summed E-state index contributed by atoms with van der Waals surface area (Å²) < 4.78 is 0.